The van der Waals surface area contributed by atoms with Gasteiger partial charge in [-0.25, -0.2) is 0 Å². The van der Waals surface area contributed by atoms with Crippen LogP contribution in [0, 0.1) is 3.57 Å². The summed E-state index contributed by atoms with van der Waals surface area (Å²) in [6, 6.07) is 6.22. The van der Waals surface area contributed by atoms with Crippen LogP contribution in [0.5, 0.6) is 0 Å². The SMILES string of the molecule is CC(C)(C)OC(=O)N(Cc1cc([I-]C2CC2)ccc1Br)C(=O)OC(C)(C)C. The van der Waals surface area contributed by atoms with Crippen LogP contribution in [-0.4, -0.2) is 32.2 Å². The first-order chi connectivity index (χ1) is 12.3. The third-order valence-corrected chi connectivity index (χ3v) is 7.64. The number of halogens is 2. The number of imide groups is 1. The van der Waals surface area contributed by atoms with Crippen LogP contribution in [0.3, 0.4) is 0 Å². The van der Waals surface area contributed by atoms with Crippen LogP contribution in [-0.2, 0) is 16.0 Å². The van der Waals surface area contributed by atoms with E-state index in [4.69, 9.17) is 9.47 Å². The zero-order valence-electron chi connectivity index (χ0n) is 16.8. The summed E-state index contributed by atoms with van der Waals surface area (Å²) in [6.07, 6.45) is 1.23. The second-order valence-corrected chi connectivity index (χ2v) is 13.1. The van der Waals surface area contributed by atoms with E-state index in [0.29, 0.717) is 0 Å². The fourth-order valence-corrected chi connectivity index (χ4v) is 5.41. The Morgan fingerprint density at radius 2 is 1.59 bits per heavy atom. The molecule has 0 saturated heterocycles. The molecule has 27 heavy (non-hydrogen) atoms. The molecule has 152 valence electrons. The molecule has 1 fully saturated rings. The number of alkyl halides is 1. The van der Waals surface area contributed by atoms with Crippen LogP contribution in [0.25, 0.3) is 0 Å². The van der Waals surface area contributed by atoms with Gasteiger partial charge in [-0.15, -0.1) is 0 Å². The molecular weight excluding hydrogens is 525 g/mol. The first kappa shape index (κ1) is 22.5. The number of benzene rings is 1. The molecule has 1 aliphatic rings. The van der Waals surface area contributed by atoms with Gasteiger partial charge in [-0.1, -0.05) is 0 Å². The number of amides is 2. The molecule has 5 nitrogen and oxygen atoms in total. The van der Waals surface area contributed by atoms with E-state index in [0.717, 1.165) is 18.9 Å². The maximum absolute atomic E-state index is 12.7. The number of ether oxygens (including phenoxy) is 2. The predicted molar refractivity (Wildman–Crippen MR) is 104 cm³/mol. The van der Waals surface area contributed by atoms with Crippen LogP contribution in [0.2, 0.25) is 0 Å². The van der Waals surface area contributed by atoms with Gasteiger partial charge >= 0.3 is 181 Å². The molecule has 1 aromatic rings. The molecule has 0 aromatic heterocycles. The van der Waals surface area contributed by atoms with E-state index < -0.39 is 23.4 Å². The molecule has 1 saturated carbocycles. The minimum atomic E-state index is -0.703. The molecule has 0 atom stereocenters. The second-order valence-electron chi connectivity index (χ2n) is 8.57. The van der Waals surface area contributed by atoms with Crippen LogP contribution in [0.1, 0.15) is 59.9 Å². The van der Waals surface area contributed by atoms with E-state index >= 15 is 0 Å². The summed E-state index contributed by atoms with van der Waals surface area (Å²) in [6.45, 7) is 10.7. The van der Waals surface area contributed by atoms with E-state index in [1.807, 2.05) is 6.07 Å². The van der Waals surface area contributed by atoms with Gasteiger partial charge in [0, 0.05) is 0 Å². The van der Waals surface area contributed by atoms with Crippen molar-refractivity contribution in [1.82, 2.24) is 4.90 Å². The quantitative estimate of drug-likeness (QED) is 0.425. The van der Waals surface area contributed by atoms with Crippen LogP contribution in [0.15, 0.2) is 22.7 Å². The molecule has 0 N–H and O–H groups in total. The Bertz CT molecular complexity index is 677. The van der Waals surface area contributed by atoms with Crippen molar-refractivity contribution in [2.45, 2.75) is 76.1 Å². The van der Waals surface area contributed by atoms with Crippen molar-refractivity contribution in [3.8, 4) is 0 Å². The fourth-order valence-electron chi connectivity index (χ4n) is 2.09. The van der Waals surface area contributed by atoms with Gasteiger partial charge in [-0.3, -0.25) is 0 Å². The monoisotopic (exact) mass is 552 g/mol. The molecule has 1 aromatic carbocycles. The molecule has 0 aliphatic heterocycles. The number of carbonyl (C=O) groups excluding carboxylic acids is 2. The number of hydrogen-bond acceptors (Lipinski definition) is 4. The van der Waals surface area contributed by atoms with Gasteiger partial charge in [0.2, 0.25) is 0 Å². The average Bonchev–Trinajstić information content (AvgIpc) is 3.27. The summed E-state index contributed by atoms with van der Waals surface area (Å²) < 4.78 is 13.9. The minimum absolute atomic E-state index is 0.0260. The van der Waals surface area contributed by atoms with Crippen molar-refractivity contribution in [1.29, 1.82) is 0 Å². The molecule has 2 amide bonds. The van der Waals surface area contributed by atoms with Crippen molar-refractivity contribution in [2.75, 3.05) is 0 Å². The first-order valence-electron chi connectivity index (χ1n) is 8.99. The Labute approximate surface area is 180 Å². The zero-order chi connectivity index (χ0) is 20.4. The van der Waals surface area contributed by atoms with E-state index in [9.17, 15) is 9.59 Å². The van der Waals surface area contributed by atoms with Gasteiger partial charge in [0.05, 0.1) is 0 Å². The Kier molecular flexibility index (Phi) is 7.22. The van der Waals surface area contributed by atoms with Gasteiger partial charge in [0.1, 0.15) is 0 Å². The predicted octanol–water partition coefficient (Wildman–Crippen LogP) is 2.54. The fraction of sp³-hybridized carbons (Fsp3) is 0.600. The van der Waals surface area contributed by atoms with Crippen molar-refractivity contribution in [2.24, 2.45) is 0 Å². The van der Waals surface area contributed by atoms with E-state index in [1.54, 1.807) is 41.5 Å². The number of rotatable bonds is 4. The Balaban J connectivity index is 2.24. The van der Waals surface area contributed by atoms with Gasteiger partial charge < -0.3 is 0 Å². The summed E-state index contributed by atoms with van der Waals surface area (Å²) in [5.41, 5.74) is -0.522. The van der Waals surface area contributed by atoms with E-state index in [-0.39, 0.29) is 27.7 Å². The van der Waals surface area contributed by atoms with Crippen LogP contribution >= 0.6 is 15.9 Å². The summed E-state index contributed by atoms with van der Waals surface area (Å²) in [5, 5.41) is 0. The van der Waals surface area contributed by atoms with Gasteiger partial charge in [-0.2, -0.15) is 0 Å². The van der Waals surface area contributed by atoms with E-state index in [2.05, 4.69) is 28.1 Å². The first-order valence-corrected chi connectivity index (χ1v) is 12.1. The van der Waals surface area contributed by atoms with Crippen molar-refractivity contribution in [3.05, 3.63) is 31.8 Å². The van der Waals surface area contributed by atoms with Crippen molar-refractivity contribution in [3.63, 3.8) is 0 Å². The molecule has 1 aliphatic carbocycles. The van der Waals surface area contributed by atoms with Crippen LogP contribution < -0.4 is 21.2 Å². The number of hydrogen-bond donors (Lipinski definition) is 0. The third kappa shape index (κ3) is 7.97. The molecule has 0 unspecified atom stereocenters. The average molecular weight is 553 g/mol. The summed E-state index contributed by atoms with van der Waals surface area (Å²) in [7, 11) is 0. The third-order valence-electron chi connectivity index (χ3n) is 3.35. The Morgan fingerprint density at radius 3 is 2.04 bits per heavy atom. The van der Waals surface area contributed by atoms with Gasteiger partial charge in [-0.05, 0) is 0 Å². The van der Waals surface area contributed by atoms with Crippen molar-refractivity contribution < 1.29 is 40.3 Å². The Morgan fingerprint density at radius 1 is 1.07 bits per heavy atom. The summed E-state index contributed by atoms with van der Waals surface area (Å²) in [5.74, 6) is 0. The van der Waals surface area contributed by atoms with Gasteiger partial charge in [0.15, 0.2) is 0 Å². The normalized spacial score (nSPS) is 14.8. The summed E-state index contributed by atoms with van der Waals surface area (Å²) >= 11 is 3.52. The second kappa shape index (κ2) is 8.68. The van der Waals surface area contributed by atoms with E-state index in [1.165, 1.54) is 16.4 Å². The maximum atomic E-state index is 12.7. The van der Waals surface area contributed by atoms with Crippen molar-refractivity contribution >= 4 is 28.1 Å². The molecule has 0 radical (unpaired) electrons. The molecule has 7 heteroatoms. The molecular formula is C20H28BrINO4-. The van der Waals surface area contributed by atoms with Gasteiger partial charge in [0.25, 0.3) is 0 Å². The van der Waals surface area contributed by atoms with Crippen LogP contribution in [0.4, 0.5) is 9.59 Å². The Hall–Kier alpha value is -0.830. The summed E-state index contributed by atoms with van der Waals surface area (Å²) in [4.78, 5) is 26.4. The molecule has 2 rings (SSSR count). The number of nitrogens with zero attached hydrogens (tertiary/aromatic N) is 1. The standard InChI is InChI=1S/C20H28BrINO4/c1-19(2,3)26-17(24)23(18(25)27-20(4,5)6)12-13-11-15(9-10-16(13)21)22-14-7-8-14/h9-11,14H,7-8,12H2,1-6H3/q-1. The topological polar surface area (TPSA) is 55.8 Å². The zero-order valence-corrected chi connectivity index (χ0v) is 20.5. The molecule has 0 heterocycles. The molecule has 0 spiro atoms. The molecule has 0 bridgehead atoms. The number of carbonyl (C=O) groups is 2.